The van der Waals surface area contributed by atoms with Crippen LogP contribution in [0.2, 0.25) is 0 Å². The molecule has 0 atom stereocenters. The van der Waals surface area contributed by atoms with E-state index in [0.29, 0.717) is 17.2 Å². The Hall–Kier alpha value is -4.01. The number of anilines is 2. The first kappa shape index (κ1) is 19.0. The minimum Gasteiger partial charge on any atom is -0.322 e. The summed E-state index contributed by atoms with van der Waals surface area (Å²) in [5.41, 5.74) is 4.16. The maximum atomic E-state index is 13.4. The maximum absolute atomic E-state index is 13.4. The normalized spacial score (nSPS) is 15.3. The zero-order chi connectivity index (χ0) is 21.8. The summed E-state index contributed by atoms with van der Waals surface area (Å²) < 4.78 is 1.67. The second-order valence-corrected chi connectivity index (χ2v) is 8.12. The summed E-state index contributed by atoms with van der Waals surface area (Å²) in [6, 6.07) is 15.7. The van der Waals surface area contributed by atoms with Crippen molar-refractivity contribution >= 4 is 28.4 Å². The zero-order valence-electron chi connectivity index (χ0n) is 17.7. The van der Waals surface area contributed by atoms with Crippen molar-refractivity contribution in [3.63, 3.8) is 0 Å². The monoisotopic (exact) mass is 414 g/mol. The molecule has 0 radical (unpaired) electrons. The van der Waals surface area contributed by atoms with Crippen molar-refractivity contribution in [1.29, 1.82) is 0 Å². The third-order valence-electron chi connectivity index (χ3n) is 5.85. The van der Waals surface area contributed by atoms with Crippen LogP contribution in [0.5, 0.6) is 0 Å². The smallest absolute Gasteiger partial charge is 0.255 e. The highest BCUT2D eigenvalue weighted by Gasteiger charge is 2.41. The van der Waals surface area contributed by atoms with Crippen LogP contribution in [0.25, 0.3) is 22.2 Å². The lowest BCUT2D eigenvalue weighted by Crippen LogP contribution is -2.44. The van der Waals surface area contributed by atoms with Gasteiger partial charge in [0, 0.05) is 29.4 Å². The first-order chi connectivity index (χ1) is 14.9. The number of hydrogen-bond acceptors (Lipinski definition) is 6. The first-order valence-corrected chi connectivity index (χ1v) is 9.97. The second-order valence-electron chi connectivity index (χ2n) is 8.12. The van der Waals surface area contributed by atoms with Crippen molar-refractivity contribution < 1.29 is 4.79 Å². The molecule has 0 saturated carbocycles. The summed E-state index contributed by atoms with van der Waals surface area (Å²) in [5.74, 6) is 0.408. The predicted molar refractivity (Wildman–Crippen MR) is 118 cm³/mol. The molecule has 9 heteroatoms. The Labute approximate surface area is 178 Å². The topological polar surface area (TPSA) is 105 Å². The highest BCUT2D eigenvalue weighted by atomic mass is 16.1. The summed E-state index contributed by atoms with van der Waals surface area (Å²) in [6.07, 6.45) is 0. The fraction of sp³-hybridized carbons (Fsp3) is 0.227. The Bertz CT molecular complexity index is 1330. The van der Waals surface area contributed by atoms with Crippen LogP contribution < -0.4 is 10.2 Å². The third-order valence-corrected chi connectivity index (χ3v) is 5.85. The summed E-state index contributed by atoms with van der Waals surface area (Å²) >= 11 is 0. The van der Waals surface area contributed by atoms with Crippen LogP contribution in [0.4, 0.5) is 11.6 Å². The van der Waals surface area contributed by atoms with Gasteiger partial charge in [0.1, 0.15) is 0 Å². The maximum Gasteiger partial charge on any atom is 0.255 e. The van der Waals surface area contributed by atoms with Crippen LogP contribution in [0, 0.1) is 0 Å². The van der Waals surface area contributed by atoms with E-state index in [1.165, 1.54) is 0 Å². The number of tetrazole rings is 1. The number of H-pyrrole nitrogens is 1. The van der Waals surface area contributed by atoms with Gasteiger partial charge in [0.05, 0.1) is 22.3 Å². The average molecular weight is 414 g/mol. The van der Waals surface area contributed by atoms with Gasteiger partial charge in [-0.25, -0.2) is 4.68 Å². The van der Waals surface area contributed by atoms with Crippen molar-refractivity contribution in [2.24, 2.45) is 0 Å². The van der Waals surface area contributed by atoms with E-state index in [2.05, 4.69) is 31.0 Å². The summed E-state index contributed by atoms with van der Waals surface area (Å²) in [7, 11) is 1.85. The molecule has 0 spiro atoms. The Morgan fingerprint density at radius 1 is 1.13 bits per heavy atom. The van der Waals surface area contributed by atoms with Gasteiger partial charge < -0.3 is 10.2 Å². The number of nitrogens with zero attached hydrogens (tertiary/aromatic N) is 6. The van der Waals surface area contributed by atoms with Gasteiger partial charge in [0.25, 0.3) is 5.91 Å². The fourth-order valence-corrected chi connectivity index (χ4v) is 4.16. The van der Waals surface area contributed by atoms with Crippen LogP contribution in [0.1, 0.15) is 20.8 Å². The number of aromatic amines is 1. The first-order valence-electron chi connectivity index (χ1n) is 9.97. The number of amides is 1. The largest absolute Gasteiger partial charge is 0.322 e. The van der Waals surface area contributed by atoms with Crippen LogP contribution in [0.15, 0.2) is 59.8 Å². The van der Waals surface area contributed by atoms with Crippen LogP contribution in [-0.2, 0) is 10.3 Å². The van der Waals surface area contributed by atoms with E-state index in [9.17, 15) is 4.79 Å². The molecule has 5 rings (SSSR count). The van der Waals surface area contributed by atoms with E-state index < -0.39 is 5.54 Å². The molecule has 2 aromatic carbocycles. The number of nitrogens with one attached hydrogen (secondary N) is 2. The minimum absolute atomic E-state index is 0.195. The van der Waals surface area contributed by atoms with E-state index >= 15 is 0 Å². The van der Waals surface area contributed by atoms with Gasteiger partial charge in [-0.3, -0.25) is 9.89 Å². The molecule has 9 nitrogen and oxygen atoms in total. The molecule has 1 aliphatic rings. The Kier molecular flexibility index (Phi) is 4.14. The lowest BCUT2D eigenvalue weighted by atomic mass is 9.89. The fourth-order valence-electron chi connectivity index (χ4n) is 4.16. The second kappa shape index (κ2) is 6.76. The van der Waals surface area contributed by atoms with E-state index in [1.807, 2.05) is 81.2 Å². The van der Waals surface area contributed by atoms with E-state index in [-0.39, 0.29) is 5.91 Å². The number of allylic oxidation sites excluding steroid dienone is 1. The average Bonchev–Trinajstić information content (AvgIpc) is 3.40. The molecular formula is C22H22N8O. The molecule has 3 heterocycles. The van der Waals surface area contributed by atoms with Gasteiger partial charge in [-0.05, 0) is 49.4 Å². The molecule has 31 heavy (non-hydrogen) atoms. The van der Waals surface area contributed by atoms with Gasteiger partial charge in [0.15, 0.2) is 0 Å². The molecule has 4 aromatic rings. The molecule has 0 bridgehead atoms. The lowest BCUT2D eigenvalue weighted by Gasteiger charge is -2.37. The number of rotatable bonds is 3. The lowest BCUT2D eigenvalue weighted by molar-refractivity contribution is -0.113. The van der Waals surface area contributed by atoms with Crippen molar-refractivity contribution in [3.05, 3.63) is 59.8 Å². The third kappa shape index (κ3) is 2.89. The van der Waals surface area contributed by atoms with Crippen molar-refractivity contribution in [3.8, 4) is 11.3 Å². The molecule has 0 aliphatic carbocycles. The number of fused-ring (bicyclic) bond motifs is 2. The molecule has 156 valence electrons. The Balaban J connectivity index is 1.51. The minimum atomic E-state index is -0.700. The molecule has 0 saturated heterocycles. The summed E-state index contributed by atoms with van der Waals surface area (Å²) in [5, 5.41) is 23.5. The van der Waals surface area contributed by atoms with Gasteiger partial charge >= 0.3 is 0 Å². The van der Waals surface area contributed by atoms with E-state index in [1.54, 1.807) is 4.68 Å². The highest BCUT2D eigenvalue weighted by molar-refractivity contribution is 6.07. The van der Waals surface area contributed by atoms with Crippen LogP contribution in [-0.4, -0.2) is 43.4 Å². The Morgan fingerprint density at radius 3 is 2.68 bits per heavy atom. The van der Waals surface area contributed by atoms with Gasteiger partial charge in [-0.2, -0.15) is 5.10 Å². The molecule has 0 fully saturated rings. The van der Waals surface area contributed by atoms with Crippen molar-refractivity contribution in [2.75, 3.05) is 17.3 Å². The quantitative estimate of drug-likeness (QED) is 0.533. The number of hydrogen-bond donors (Lipinski definition) is 2. The highest BCUT2D eigenvalue weighted by Crippen LogP contribution is 2.37. The van der Waals surface area contributed by atoms with Crippen molar-refractivity contribution in [1.82, 2.24) is 30.4 Å². The Morgan fingerprint density at radius 2 is 1.90 bits per heavy atom. The number of aromatic nitrogens is 6. The molecule has 2 N–H and O–H groups in total. The molecule has 2 aromatic heterocycles. The van der Waals surface area contributed by atoms with Crippen LogP contribution in [0.3, 0.4) is 0 Å². The SMILES string of the molecule is CC1=C(C(=O)Nc2ccc3[nH]nc(-c4ccccc4)c3c2)C(C)(C)n2nnnc2N1C. The molecule has 1 aliphatic heterocycles. The predicted octanol–water partition coefficient (Wildman–Crippen LogP) is 3.31. The van der Waals surface area contributed by atoms with Gasteiger partial charge in [-0.15, -0.1) is 0 Å². The zero-order valence-corrected chi connectivity index (χ0v) is 17.7. The summed E-state index contributed by atoms with van der Waals surface area (Å²) in [6.45, 7) is 5.78. The molecular weight excluding hydrogens is 392 g/mol. The van der Waals surface area contributed by atoms with Gasteiger partial charge in [0.2, 0.25) is 5.95 Å². The van der Waals surface area contributed by atoms with Crippen LogP contribution >= 0.6 is 0 Å². The number of carbonyl (C=O) groups excluding carboxylic acids is 1. The standard InChI is InChI=1S/C22H22N8O/c1-13-18(22(2,3)30-21(29(13)4)26-27-28-30)20(31)23-15-10-11-17-16(12-15)19(25-24-17)14-8-6-5-7-9-14/h5-12H,1-4H3,(H,23,31)(H,24,25). The number of benzene rings is 2. The molecule has 0 unspecified atom stereocenters. The summed E-state index contributed by atoms with van der Waals surface area (Å²) in [4.78, 5) is 15.2. The van der Waals surface area contributed by atoms with Gasteiger partial charge in [-0.1, -0.05) is 35.4 Å². The van der Waals surface area contributed by atoms with E-state index in [0.717, 1.165) is 27.9 Å². The number of carbonyl (C=O) groups is 1. The molecule has 1 amide bonds. The van der Waals surface area contributed by atoms with E-state index in [4.69, 9.17) is 0 Å². The van der Waals surface area contributed by atoms with Crippen molar-refractivity contribution in [2.45, 2.75) is 26.3 Å².